The van der Waals surface area contributed by atoms with Gasteiger partial charge in [0, 0.05) is 30.6 Å². The number of amides is 1. The maximum Gasteiger partial charge on any atom is 0.227 e. The number of hydrogen-bond acceptors (Lipinski definition) is 6. The van der Waals surface area contributed by atoms with Crippen molar-refractivity contribution in [1.29, 1.82) is 0 Å². The molecule has 0 aliphatic rings. The van der Waals surface area contributed by atoms with Crippen molar-refractivity contribution < 1.29 is 22.1 Å². The minimum absolute atomic E-state index is 0.118. The molecular formula is C21H21FN4O4S. The summed E-state index contributed by atoms with van der Waals surface area (Å²) in [7, 11) is -3.44. The van der Waals surface area contributed by atoms with Gasteiger partial charge in [-0.15, -0.1) is 6.58 Å². The van der Waals surface area contributed by atoms with E-state index in [-0.39, 0.29) is 36.9 Å². The van der Waals surface area contributed by atoms with Crippen LogP contribution in [0.15, 0.2) is 65.7 Å². The number of benzene rings is 2. The lowest BCUT2D eigenvalue weighted by Crippen LogP contribution is -2.25. The molecule has 0 unspecified atom stereocenters. The molecule has 0 aliphatic heterocycles. The third-order valence-electron chi connectivity index (χ3n) is 4.18. The lowest BCUT2D eigenvalue weighted by molar-refractivity contribution is -0.116. The van der Waals surface area contributed by atoms with Crippen LogP contribution in [-0.2, 0) is 27.0 Å². The van der Waals surface area contributed by atoms with Gasteiger partial charge in [-0.3, -0.25) is 4.79 Å². The van der Waals surface area contributed by atoms with E-state index < -0.39 is 10.0 Å². The van der Waals surface area contributed by atoms with Crippen LogP contribution in [0.2, 0.25) is 0 Å². The summed E-state index contributed by atoms with van der Waals surface area (Å²) in [5.41, 5.74) is 1.75. The fraction of sp³-hybridized carbons (Fsp3) is 0.190. The summed E-state index contributed by atoms with van der Waals surface area (Å²) >= 11 is 0. The molecule has 1 aromatic heterocycles. The molecule has 0 saturated heterocycles. The van der Waals surface area contributed by atoms with Gasteiger partial charge in [0.2, 0.25) is 27.6 Å². The van der Waals surface area contributed by atoms with Gasteiger partial charge in [-0.25, -0.2) is 17.5 Å². The van der Waals surface area contributed by atoms with Gasteiger partial charge < -0.3 is 9.84 Å². The van der Waals surface area contributed by atoms with E-state index in [0.717, 1.165) is 0 Å². The Hall–Kier alpha value is -3.37. The zero-order valence-corrected chi connectivity index (χ0v) is 17.4. The molecular weight excluding hydrogens is 423 g/mol. The van der Waals surface area contributed by atoms with E-state index >= 15 is 0 Å². The molecule has 0 aliphatic carbocycles. The van der Waals surface area contributed by atoms with Gasteiger partial charge in [0.25, 0.3) is 0 Å². The quantitative estimate of drug-likeness (QED) is 0.465. The number of aromatic nitrogens is 2. The van der Waals surface area contributed by atoms with Crippen molar-refractivity contribution in [3.63, 3.8) is 0 Å². The van der Waals surface area contributed by atoms with Crippen LogP contribution < -0.4 is 10.0 Å². The van der Waals surface area contributed by atoms with Crippen LogP contribution in [0.1, 0.15) is 17.9 Å². The number of sulfonamides is 1. The molecule has 2 N–H and O–H groups in total. The van der Waals surface area contributed by atoms with Crippen LogP contribution in [0.4, 0.5) is 10.1 Å². The Morgan fingerprint density at radius 3 is 2.52 bits per heavy atom. The summed E-state index contributed by atoms with van der Waals surface area (Å²) in [6, 6.07) is 12.2. The molecule has 0 radical (unpaired) electrons. The predicted molar refractivity (Wildman–Crippen MR) is 114 cm³/mol. The SMILES string of the molecule is C=CCNS(=O)(=O)Cc1ccc(NC(=O)CCc2nc(-c3ccc(F)cc3)no2)cc1. The standard InChI is InChI=1S/C21H21FN4O4S/c1-2-13-23-31(28,29)14-15-3-9-18(10-4-15)24-19(27)11-12-20-25-21(26-30-20)16-5-7-17(22)8-6-16/h2-10,23H,1,11-14H2,(H,24,27). The third-order valence-corrected chi connectivity index (χ3v) is 5.50. The number of carbonyl (C=O) groups is 1. The zero-order valence-electron chi connectivity index (χ0n) is 16.5. The van der Waals surface area contributed by atoms with E-state index in [9.17, 15) is 17.6 Å². The number of nitrogens with one attached hydrogen (secondary N) is 2. The molecule has 1 amide bonds. The number of carbonyl (C=O) groups excluding carboxylic acids is 1. The maximum absolute atomic E-state index is 13.0. The molecule has 0 fully saturated rings. The maximum atomic E-state index is 13.0. The highest BCUT2D eigenvalue weighted by Gasteiger charge is 2.12. The van der Waals surface area contributed by atoms with Gasteiger partial charge in [0.15, 0.2) is 0 Å². The van der Waals surface area contributed by atoms with Crippen LogP contribution in [0, 0.1) is 5.82 Å². The van der Waals surface area contributed by atoms with Crippen molar-refractivity contribution in [1.82, 2.24) is 14.9 Å². The first-order valence-corrected chi connectivity index (χ1v) is 11.1. The Balaban J connectivity index is 1.50. The Morgan fingerprint density at radius 1 is 1.13 bits per heavy atom. The van der Waals surface area contributed by atoms with E-state index in [1.807, 2.05) is 0 Å². The first kappa shape index (κ1) is 22.3. The smallest absolute Gasteiger partial charge is 0.227 e. The van der Waals surface area contributed by atoms with E-state index in [1.165, 1.54) is 18.2 Å². The predicted octanol–water partition coefficient (Wildman–Crippen LogP) is 3.05. The van der Waals surface area contributed by atoms with Crippen molar-refractivity contribution in [3.05, 3.63) is 78.5 Å². The molecule has 3 aromatic rings. The monoisotopic (exact) mass is 444 g/mol. The fourth-order valence-corrected chi connectivity index (χ4v) is 3.76. The molecule has 0 saturated carbocycles. The van der Waals surface area contributed by atoms with Crippen molar-refractivity contribution in [2.45, 2.75) is 18.6 Å². The van der Waals surface area contributed by atoms with Crippen LogP contribution in [0.3, 0.4) is 0 Å². The Kier molecular flexibility index (Phi) is 7.27. The van der Waals surface area contributed by atoms with Crippen molar-refractivity contribution in [2.75, 3.05) is 11.9 Å². The topological polar surface area (TPSA) is 114 Å². The molecule has 0 bridgehead atoms. The molecule has 0 atom stereocenters. The normalized spacial score (nSPS) is 11.3. The largest absolute Gasteiger partial charge is 0.339 e. The van der Waals surface area contributed by atoms with Crippen LogP contribution in [-0.4, -0.2) is 31.0 Å². The molecule has 8 nitrogen and oxygen atoms in total. The molecule has 1 heterocycles. The van der Waals surface area contributed by atoms with E-state index in [4.69, 9.17) is 4.52 Å². The second-order valence-corrected chi connectivity index (χ2v) is 8.47. The summed E-state index contributed by atoms with van der Waals surface area (Å²) in [4.78, 5) is 16.4. The van der Waals surface area contributed by atoms with Gasteiger partial charge in [-0.05, 0) is 42.0 Å². The highest BCUT2D eigenvalue weighted by Crippen LogP contribution is 2.17. The highest BCUT2D eigenvalue weighted by atomic mass is 32.2. The summed E-state index contributed by atoms with van der Waals surface area (Å²) in [5, 5.41) is 6.57. The third kappa shape index (κ3) is 6.83. The average Bonchev–Trinajstić information content (AvgIpc) is 3.22. The molecule has 0 spiro atoms. The molecule has 31 heavy (non-hydrogen) atoms. The molecule has 162 valence electrons. The van der Waals surface area contributed by atoms with Crippen LogP contribution in [0.5, 0.6) is 0 Å². The molecule has 2 aromatic carbocycles. The van der Waals surface area contributed by atoms with Gasteiger partial charge in [-0.1, -0.05) is 23.4 Å². The number of aryl methyl sites for hydroxylation is 1. The van der Waals surface area contributed by atoms with E-state index in [0.29, 0.717) is 28.5 Å². The number of rotatable bonds is 10. The lowest BCUT2D eigenvalue weighted by Gasteiger charge is -2.07. The average molecular weight is 444 g/mol. The summed E-state index contributed by atoms with van der Waals surface area (Å²) in [6.45, 7) is 3.64. The molecule has 3 rings (SSSR count). The fourth-order valence-electron chi connectivity index (χ4n) is 2.66. The van der Waals surface area contributed by atoms with E-state index in [2.05, 4.69) is 26.8 Å². The lowest BCUT2D eigenvalue weighted by atomic mass is 10.2. The number of nitrogens with zero attached hydrogens (tertiary/aromatic N) is 2. The van der Waals surface area contributed by atoms with E-state index in [1.54, 1.807) is 36.4 Å². The number of halogens is 1. The van der Waals surface area contributed by atoms with Crippen LogP contribution in [0.25, 0.3) is 11.4 Å². The Bertz CT molecular complexity index is 1140. The number of hydrogen-bond donors (Lipinski definition) is 2. The van der Waals surface area contributed by atoms with Gasteiger partial charge in [0.1, 0.15) is 5.82 Å². The number of anilines is 1. The Morgan fingerprint density at radius 2 is 1.84 bits per heavy atom. The summed E-state index contributed by atoms with van der Waals surface area (Å²) in [5.74, 6) is -0.161. The summed E-state index contributed by atoms with van der Waals surface area (Å²) in [6.07, 6.45) is 1.83. The first-order chi connectivity index (χ1) is 14.8. The minimum Gasteiger partial charge on any atom is -0.339 e. The molecule has 10 heteroatoms. The van der Waals surface area contributed by atoms with Gasteiger partial charge in [0.05, 0.1) is 5.75 Å². The van der Waals surface area contributed by atoms with Gasteiger partial charge >= 0.3 is 0 Å². The minimum atomic E-state index is -3.44. The van der Waals surface area contributed by atoms with Crippen molar-refractivity contribution in [3.8, 4) is 11.4 Å². The van der Waals surface area contributed by atoms with Gasteiger partial charge in [-0.2, -0.15) is 4.98 Å². The van der Waals surface area contributed by atoms with Crippen molar-refractivity contribution >= 4 is 21.6 Å². The highest BCUT2D eigenvalue weighted by molar-refractivity contribution is 7.88. The zero-order chi connectivity index (χ0) is 22.3. The second kappa shape index (κ2) is 10.1. The van der Waals surface area contributed by atoms with Crippen molar-refractivity contribution in [2.24, 2.45) is 0 Å². The van der Waals surface area contributed by atoms with Crippen LogP contribution >= 0.6 is 0 Å². The summed E-state index contributed by atoms with van der Waals surface area (Å²) < 4.78 is 44.3. The first-order valence-electron chi connectivity index (χ1n) is 9.40. The Labute approximate surface area is 179 Å². The second-order valence-electron chi connectivity index (χ2n) is 6.66.